The number of carbonyl (C=O) groups is 3. The molecule has 1 aliphatic carbocycles. The maximum absolute atomic E-state index is 12.7. The minimum absolute atomic E-state index is 0.0460. The van der Waals surface area contributed by atoms with Crippen molar-refractivity contribution in [2.45, 2.75) is 45.4 Å². The van der Waals surface area contributed by atoms with E-state index in [1.807, 2.05) is 24.3 Å². The number of nitrogens with zero attached hydrogens (tertiary/aromatic N) is 1. The van der Waals surface area contributed by atoms with E-state index in [1.165, 1.54) is 6.21 Å². The fourth-order valence-corrected chi connectivity index (χ4v) is 4.09. The zero-order valence-corrected chi connectivity index (χ0v) is 20.2. The maximum atomic E-state index is 12.7. The standard InChI is InChI=1S/C28H31N3O4/c1-4-7-9-15-31-27(33)20-11-13-22-21-12-10-19(26(32)30-14-8-5-2)16-23(21)25(24(22)17-20)18-35-28(34)29-6-3/h1,6,10-13,16-17,25H,5,7-9,14-15,18H2,2-3H3,(H,30,32)(H,31,33). The van der Waals surface area contributed by atoms with Gasteiger partial charge < -0.3 is 15.4 Å². The van der Waals surface area contributed by atoms with E-state index in [-0.39, 0.29) is 24.3 Å². The first-order valence-corrected chi connectivity index (χ1v) is 11.9. The number of fused-ring (bicyclic) bond motifs is 3. The molecule has 0 spiro atoms. The highest BCUT2D eigenvalue weighted by Gasteiger charge is 2.31. The Morgan fingerprint density at radius 2 is 1.57 bits per heavy atom. The zero-order valence-electron chi connectivity index (χ0n) is 20.2. The molecule has 2 N–H and O–H groups in total. The fraction of sp³-hybridized carbons (Fsp3) is 0.357. The maximum Gasteiger partial charge on any atom is 0.433 e. The van der Waals surface area contributed by atoms with Gasteiger partial charge in [-0.25, -0.2) is 4.79 Å². The Balaban J connectivity index is 1.90. The summed E-state index contributed by atoms with van der Waals surface area (Å²) in [4.78, 5) is 40.9. The molecule has 7 heteroatoms. The van der Waals surface area contributed by atoms with E-state index < -0.39 is 6.09 Å². The van der Waals surface area contributed by atoms with Crippen LogP contribution in [0.3, 0.4) is 0 Å². The molecule has 0 bridgehead atoms. The molecular weight excluding hydrogens is 442 g/mol. The molecule has 35 heavy (non-hydrogen) atoms. The summed E-state index contributed by atoms with van der Waals surface area (Å²) in [5.74, 6) is 1.90. The van der Waals surface area contributed by atoms with Gasteiger partial charge in [0.25, 0.3) is 11.8 Å². The van der Waals surface area contributed by atoms with Crippen LogP contribution in [0.5, 0.6) is 0 Å². The Morgan fingerprint density at radius 3 is 2.09 bits per heavy atom. The first-order chi connectivity index (χ1) is 17.0. The largest absolute Gasteiger partial charge is 0.447 e. The Bertz CT molecular complexity index is 1160. The number of hydrogen-bond donors (Lipinski definition) is 2. The highest BCUT2D eigenvalue weighted by Crippen LogP contribution is 2.45. The van der Waals surface area contributed by atoms with E-state index in [4.69, 9.17) is 11.2 Å². The summed E-state index contributed by atoms with van der Waals surface area (Å²) in [6, 6.07) is 11.1. The first-order valence-electron chi connectivity index (χ1n) is 11.9. The van der Waals surface area contributed by atoms with Crippen LogP contribution < -0.4 is 10.6 Å². The van der Waals surface area contributed by atoms with Crippen LogP contribution in [0.4, 0.5) is 4.79 Å². The highest BCUT2D eigenvalue weighted by atomic mass is 16.5. The van der Waals surface area contributed by atoms with E-state index in [0.29, 0.717) is 37.1 Å². The lowest BCUT2D eigenvalue weighted by atomic mass is 9.95. The van der Waals surface area contributed by atoms with Crippen molar-refractivity contribution < 1.29 is 19.1 Å². The van der Waals surface area contributed by atoms with Gasteiger partial charge in [-0.05, 0) is 66.3 Å². The van der Waals surface area contributed by atoms with Crippen molar-refractivity contribution in [2.75, 3.05) is 19.7 Å². The minimum atomic E-state index is -0.682. The van der Waals surface area contributed by atoms with Crippen LogP contribution in [-0.4, -0.2) is 43.8 Å². The molecule has 0 radical (unpaired) electrons. The number of ether oxygens (including phenoxy) is 1. The molecule has 0 heterocycles. The van der Waals surface area contributed by atoms with Crippen LogP contribution >= 0.6 is 0 Å². The molecule has 3 amide bonds. The number of unbranched alkanes of at least 4 members (excludes halogenated alkanes) is 2. The predicted octanol–water partition coefficient (Wildman–Crippen LogP) is 4.70. The summed E-state index contributed by atoms with van der Waals surface area (Å²) in [6.45, 7) is 4.86. The molecular formula is C28H31N3O4. The molecule has 7 nitrogen and oxygen atoms in total. The molecule has 2 aromatic rings. The van der Waals surface area contributed by atoms with Crippen molar-refractivity contribution in [3.63, 3.8) is 0 Å². The zero-order chi connectivity index (χ0) is 25.2. The van der Waals surface area contributed by atoms with Crippen molar-refractivity contribution in [1.82, 2.24) is 10.6 Å². The second-order valence-corrected chi connectivity index (χ2v) is 8.29. The third-order valence-corrected chi connectivity index (χ3v) is 5.88. The molecule has 182 valence electrons. The predicted molar refractivity (Wildman–Crippen MR) is 137 cm³/mol. The molecule has 1 unspecified atom stereocenters. The van der Waals surface area contributed by atoms with Crippen LogP contribution in [0, 0.1) is 12.3 Å². The monoisotopic (exact) mass is 473 g/mol. The number of hydrogen-bond acceptors (Lipinski definition) is 4. The van der Waals surface area contributed by atoms with E-state index in [2.05, 4.69) is 28.5 Å². The summed E-state index contributed by atoms with van der Waals surface area (Å²) in [5.41, 5.74) is 4.70. The molecule has 0 aromatic heterocycles. The first kappa shape index (κ1) is 25.7. The van der Waals surface area contributed by atoms with Gasteiger partial charge in [-0.3, -0.25) is 9.59 Å². The average Bonchev–Trinajstić information content (AvgIpc) is 3.17. The normalized spacial score (nSPS) is 13.6. The van der Waals surface area contributed by atoms with Crippen molar-refractivity contribution >= 4 is 24.1 Å². The van der Waals surface area contributed by atoms with Gasteiger partial charge in [0.15, 0.2) is 0 Å². The topological polar surface area (TPSA) is 96.9 Å². The van der Waals surface area contributed by atoms with Crippen molar-refractivity contribution in [2.24, 2.45) is 4.99 Å². The molecule has 2 aromatic carbocycles. The number of carbonyl (C=O) groups excluding carboxylic acids is 3. The smallest absolute Gasteiger partial charge is 0.433 e. The molecule has 3 rings (SSSR count). The van der Waals surface area contributed by atoms with Gasteiger partial charge in [0.1, 0.15) is 6.61 Å². The van der Waals surface area contributed by atoms with E-state index in [0.717, 1.165) is 35.1 Å². The lowest BCUT2D eigenvalue weighted by Gasteiger charge is -2.15. The minimum Gasteiger partial charge on any atom is -0.447 e. The third kappa shape index (κ3) is 6.36. The van der Waals surface area contributed by atoms with E-state index in [1.54, 1.807) is 19.1 Å². The lowest BCUT2D eigenvalue weighted by Crippen LogP contribution is -2.24. The number of terminal acetylenes is 1. The molecule has 1 atom stereocenters. The van der Waals surface area contributed by atoms with E-state index >= 15 is 0 Å². The summed E-state index contributed by atoms with van der Waals surface area (Å²) in [7, 11) is 0. The molecule has 0 fully saturated rings. The summed E-state index contributed by atoms with van der Waals surface area (Å²) in [6.07, 6.45) is 9.17. The van der Waals surface area contributed by atoms with Crippen molar-refractivity contribution in [3.8, 4) is 23.5 Å². The van der Waals surface area contributed by atoms with Gasteiger partial charge >= 0.3 is 6.09 Å². The van der Waals surface area contributed by atoms with Crippen molar-refractivity contribution in [3.05, 3.63) is 58.7 Å². The quantitative estimate of drug-likeness (QED) is 0.297. The Morgan fingerprint density at radius 1 is 1.00 bits per heavy atom. The SMILES string of the molecule is C#CCCCNC(=O)c1ccc2c(c1)C(COC(=O)N=CC)c1cc(C(=O)NCCCC)ccc1-2. The fourth-order valence-electron chi connectivity index (χ4n) is 4.09. The summed E-state index contributed by atoms with van der Waals surface area (Å²) < 4.78 is 5.40. The molecule has 0 saturated heterocycles. The summed E-state index contributed by atoms with van der Waals surface area (Å²) >= 11 is 0. The van der Waals surface area contributed by atoms with Crippen LogP contribution in [0.2, 0.25) is 0 Å². The summed E-state index contributed by atoms with van der Waals surface area (Å²) in [5, 5.41) is 5.82. The van der Waals surface area contributed by atoms with E-state index in [9.17, 15) is 14.4 Å². The highest BCUT2D eigenvalue weighted by molar-refractivity contribution is 5.98. The van der Waals surface area contributed by atoms with Gasteiger partial charge in [0, 0.05) is 42.8 Å². The molecule has 1 aliphatic rings. The second kappa shape index (κ2) is 12.5. The van der Waals surface area contributed by atoms with Gasteiger partial charge in [0.05, 0.1) is 0 Å². The Kier molecular flexibility index (Phi) is 9.19. The van der Waals surface area contributed by atoms with Crippen molar-refractivity contribution in [1.29, 1.82) is 0 Å². The molecule has 0 saturated carbocycles. The van der Waals surface area contributed by atoms with Crippen LogP contribution in [-0.2, 0) is 4.74 Å². The van der Waals surface area contributed by atoms with Gasteiger partial charge in [-0.1, -0.05) is 25.5 Å². The average molecular weight is 474 g/mol. The molecule has 0 aliphatic heterocycles. The van der Waals surface area contributed by atoms with Gasteiger partial charge in [0.2, 0.25) is 0 Å². The van der Waals surface area contributed by atoms with Gasteiger partial charge in [-0.15, -0.1) is 12.3 Å². The van der Waals surface area contributed by atoms with Gasteiger partial charge in [-0.2, -0.15) is 4.99 Å². The number of nitrogens with one attached hydrogen (secondary N) is 2. The Labute approximate surface area is 206 Å². The number of benzene rings is 2. The third-order valence-electron chi connectivity index (χ3n) is 5.88. The number of rotatable bonds is 10. The van der Waals surface area contributed by atoms with Crippen LogP contribution in [0.15, 0.2) is 41.4 Å². The lowest BCUT2D eigenvalue weighted by molar-refractivity contribution is 0.0945. The van der Waals surface area contributed by atoms with Crippen LogP contribution in [0.25, 0.3) is 11.1 Å². The van der Waals surface area contributed by atoms with Crippen LogP contribution in [0.1, 0.15) is 77.3 Å². The number of aliphatic imine (C=N–C) groups is 1. The number of amides is 3. The second-order valence-electron chi connectivity index (χ2n) is 8.29. The Hall–Kier alpha value is -3.92.